The molecule has 0 aliphatic heterocycles. The van der Waals surface area contributed by atoms with Crippen LogP contribution >= 0.6 is 0 Å². The smallest absolute Gasteiger partial charge is 0.247 e. The molecule has 0 saturated heterocycles. The van der Waals surface area contributed by atoms with Crippen molar-refractivity contribution in [3.8, 4) is 0 Å². The fraction of sp³-hybridized carbons (Fsp3) is 1.00. The zero-order valence-corrected chi connectivity index (χ0v) is 26.0. The molecule has 0 bridgehead atoms. The van der Waals surface area contributed by atoms with E-state index in [2.05, 4.69) is 13.8 Å². The van der Waals surface area contributed by atoms with Crippen molar-refractivity contribution in [3.63, 3.8) is 0 Å². The van der Waals surface area contributed by atoms with E-state index in [0.717, 1.165) is 30.6 Å². The summed E-state index contributed by atoms with van der Waals surface area (Å²) in [6.07, 6.45) is 11.4. The van der Waals surface area contributed by atoms with Gasteiger partial charge in [0.25, 0.3) is 0 Å². The van der Waals surface area contributed by atoms with Crippen LogP contribution in [0.4, 0.5) is 13.2 Å². The van der Waals surface area contributed by atoms with E-state index in [1.54, 1.807) is 20.8 Å². The first kappa shape index (κ1) is 33.0. The summed E-state index contributed by atoms with van der Waals surface area (Å²) >= 11 is 0. The molecule has 0 aromatic heterocycles. The molecule has 7 unspecified atom stereocenters. The highest BCUT2D eigenvalue weighted by Crippen LogP contribution is 2.68. The van der Waals surface area contributed by atoms with Crippen LogP contribution in [-0.2, 0) is 0 Å². The van der Waals surface area contributed by atoms with Crippen molar-refractivity contribution in [2.75, 3.05) is 0 Å². The Hall–Kier alpha value is -0.250. The van der Waals surface area contributed by atoms with Crippen LogP contribution in [0.15, 0.2) is 0 Å². The molecule has 4 fully saturated rings. The van der Waals surface area contributed by atoms with Gasteiger partial charge in [-0.1, -0.05) is 48.5 Å². The third kappa shape index (κ3) is 7.29. The molecular weight excluding hydrogens is 469 g/mol. The topological polar surface area (TPSA) is 20.2 Å². The second-order valence-corrected chi connectivity index (χ2v) is 14.6. The van der Waals surface area contributed by atoms with Crippen molar-refractivity contribution in [2.45, 2.75) is 163 Å². The molecule has 4 aliphatic rings. The number of hydrogen-bond donors (Lipinski definition) is 1. The van der Waals surface area contributed by atoms with Gasteiger partial charge in [0, 0.05) is 12.8 Å². The average Bonchev–Trinajstić information content (AvgIpc) is 3.15. The predicted molar refractivity (Wildman–Crippen MR) is 152 cm³/mol. The number of hydrogen-bond acceptors (Lipinski definition) is 1. The zero-order valence-electron chi connectivity index (χ0n) is 26.0. The maximum Gasteiger partial charge on any atom is 0.247 e. The van der Waals surface area contributed by atoms with E-state index in [1.165, 1.54) is 44.9 Å². The summed E-state index contributed by atoms with van der Waals surface area (Å²) in [5.41, 5.74) is -0.794. The molecule has 4 saturated carbocycles. The van der Waals surface area contributed by atoms with Crippen molar-refractivity contribution < 1.29 is 18.3 Å². The number of rotatable bonds is 5. The largest absolute Gasteiger partial charge is 0.390 e. The van der Waals surface area contributed by atoms with Crippen LogP contribution in [0.3, 0.4) is 0 Å². The van der Waals surface area contributed by atoms with Crippen LogP contribution < -0.4 is 0 Å². The van der Waals surface area contributed by atoms with E-state index < -0.39 is 17.2 Å². The second-order valence-electron chi connectivity index (χ2n) is 14.6. The Kier molecular flexibility index (Phi) is 10.8. The van der Waals surface area contributed by atoms with Gasteiger partial charge < -0.3 is 5.11 Å². The van der Waals surface area contributed by atoms with Crippen molar-refractivity contribution in [1.29, 1.82) is 0 Å². The minimum atomic E-state index is -2.48. The second kappa shape index (κ2) is 12.1. The lowest BCUT2D eigenvalue weighted by molar-refractivity contribution is -0.147. The lowest BCUT2D eigenvalue weighted by atomic mass is 9.44. The summed E-state index contributed by atoms with van der Waals surface area (Å²) in [7, 11) is 0. The van der Waals surface area contributed by atoms with Gasteiger partial charge in [0.05, 0.1) is 5.60 Å². The minimum absolute atomic E-state index is 0.0198. The summed E-state index contributed by atoms with van der Waals surface area (Å²) in [6, 6.07) is 0. The molecule has 4 rings (SSSR count). The summed E-state index contributed by atoms with van der Waals surface area (Å²) in [5.74, 6) is 1.14. The monoisotopic (exact) mass is 530 g/mol. The van der Waals surface area contributed by atoms with Crippen molar-refractivity contribution in [1.82, 2.24) is 0 Å². The highest BCUT2D eigenvalue weighted by atomic mass is 19.3. The number of halogens is 3. The van der Waals surface area contributed by atoms with Gasteiger partial charge in [0.15, 0.2) is 0 Å². The Bertz CT molecular complexity index is 711. The van der Waals surface area contributed by atoms with Gasteiger partial charge in [0.2, 0.25) is 5.92 Å². The van der Waals surface area contributed by atoms with Gasteiger partial charge in [-0.3, -0.25) is 0 Å². The fourth-order valence-electron chi connectivity index (χ4n) is 8.58. The normalized spacial score (nSPS) is 41.4. The maximum absolute atomic E-state index is 13.9. The molecule has 1 nitrogen and oxygen atoms in total. The van der Waals surface area contributed by atoms with Gasteiger partial charge in [-0.05, 0) is 131 Å². The van der Waals surface area contributed by atoms with Gasteiger partial charge >= 0.3 is 0 Å². The number of fused-ring (bicyclic) bond motifs is 5. The summed E-state index contributed by atoms with van der Waals surface area (Å²) < 4.78 is 40.3. The molecule has 0 heterocycles. The standard InChI is InChI=1S/C25H42F2O.C6H13F.C2H6/c1-5-25(26,27)13-10-17-7-9-20-19-8-6-18-16-22(2,28)14-15-24(18,4)21(19)11-12-23(17,20)3;1-5(2)6(3,4)7;1-2/h17-21,28H,5-16H2,1-4H3;5H,1-4H3;1-2H3/t17?,18?,19?,20?,21?,22-,23?,24?;;/m0../s1. The number of alkyl halides is 3. The van der Waals surface area contributed by atoms with Crippen molar-refractivity contribution in [3.05, 3.63) is 0 Å². The molecule has 0 aromatic carbocycles. The third-order valence-corrected chi connectivity index (χ3v) is 11.9. The molecule has 0 aromatic rings. The molecule has 220 valence electrons. The Morgan fingerprint density at radius 3 is 1.95 bits per heavy atom. The Balaban J connectivity index is 0.000000465. The molecule has 37 heavy (non-hydrogen) atoms. The number of aliphatic hydroxyl groups is 1. The highest BCUT2D eigenvalue weighted by molar-refractivity contribution is 5.10. The molecule has 4 aliphatic carbocycles. The van der Waals surface area contributed by atoms with E-state index in [9.17, 15) is 18.3 Å². The van der Waals surface area contributed by atoms with E-state index in [1.807, 2.05) is 34.6 Å². The van der Waals surface area contributed by atoms with Gasteiger partial charge in [-0.25, -0.2) is 13.2 Å². The SMILES string of the molecule is CC.CC(C)C(C)(C)F.CCC(F)(F)CCC1CCC2C3CCC4C[C@@](C)(O)CCC4(C)C3CCC12C. The quantitative estimate of drug-likeness (QED) is 0.375. The predicted octanol–water partition coefficient (Wildman–Crippen LogP) is 10.6. The Labute approximate surface area is 228 Å². The molecular formula is C33H61F3O. The third-order valence-electron chi connectivity index (χ3n) is 11.9. The molecule has 0 spiro atoms. The van der Waals surface area contributed by atoms with Crippen LogP contribution in [0.1, 0.15) is 146 Å². The Morgan fingerprint density at radius 1 is 0.838 bits per heavy atom. The van der Waals surface area contributed by atoms with Crippen LogP contribution in [0.25, 0.3) is 0 Å². The first-order chi connectivity index (χ1) is 17.0. The van der Waals surface area contributed by atoms with Crippen molar-refractivity contribution in [2.24, 2.45) is 46.3 Å². The Morgan fingerprint density at radius 2 is 1.41 bits per heavy atom. The molecule has 4 heteroatoms. The van der Waals surface area contributed by atoms with E-state index in [4.69, 9.17) is 0 Å². The van der Waals surface area contributed by atoms with Crippen LogP contribution in [-0.4, -0.2) is 22.3 Å². The molecule has 1 N–H and O–H groups in total. The van der Waals surface area contributed by atoms with E-state index in [0.29, 0.717) is 23.7 Å². The van der Waals surface area contributed by atoms with E-state index >= 15 is 0 Å². The van der Waals surface area contributed by atoms with E-state index in [-0.39, 0.29) is 24.2 Å². The molecule has 0 amide bonds. The van der Waals surface area contributed by atoms with Gasteiger partial charge in [-0.2, -0.15) is 0 Å². The van der Waals surface area contributed by atoms with Gasteiger partial charge in [0.1, 0.15) is 5.67 Å². The maximum atomic E-state index is 13.9. The lowest BCUT2D eigenvalue weighted by Crippen LogP contribution is -2.55. The summed E-state index contributed by atoms with van der Waals surface area (Å²) in [6.45, 7) is 19.6. The first-order valence-electron chi connectivity index (χ1n) is 15.7. The summed E-state index contributed by atoms with van der Waals surface area (Å²) in [4.78, 5) is 0. The van der Waals surface area contributed by atoms with Gasteiger partial charge in [-0.15, -0.1) is 0 Å². The zero-order chi connectivity index (χ0) is 28.4. The van der Waals surface area contributed by atoms with Crippen LogP contribution in [0, 0.1) is 46.3 Å². The van der Waals surface area contributed by atoms with Crippen molar-refractivity contribution >= 4 is 0 Å². The minimum Gasteiger partial charge on any atom is -0.390 e. The lowest BCUT2D eigenvalue weighted by Gasteiger charge is -2.62. The average molecular weight is 531 g/mol. The molecule has 8 atom stereocenters. The molecule has 0 radical (unpaired) electrons. The fourth-order valence-corrected chi connectivity index (χ4v) is 8.58. The van der Waals surface area contributed by atoms with Crippen LogP contribution in [0.5, 0.6) is 0 Å². The summed E-state index contributed by atoms with van der Waals surface area (Å²) in [5, 5.41) is 10.6. The first-order valence-corrected chi connectivity index (χ1v) is 15.7. The van der Waals surface area contributed by atoms with Crippen LogP contribution in [0.2, 0.25) is 0 Å². The highest BCUT2D eigenvalue weighted by Gasteiger charge is 2.60.